The standard InChI is InChI=1S/C45H75NO5S/c1-3-5-7-9-11-13-15-17-19-21-22-23-25-26-28-30-32-34-36-38-40-44(47)43(42-52(49,50)51)46-45(48)41-39-37-35-33-31-29-27-24-20-18-16-14-12-10-8-6-4-2/h6,8,12,14,18,20,23,25,27,29-30,32-33,35,38,40,43-44,47H,3-5,7,9-11,13,15-17,19,21-22,24,26,28,31,34,36-37,39,41-42H2,1-2H3,(H,46,48)(H,49,50,51)/b8-6-,14-12-,20-18-,25-23+,29-27-,32-30+,35-33-,40-38+. The summed E-state index contributed by atoms with van der Waals surface area (Å²) < 4.78 is 32.5. The van der Waals surface area contributed by atoms with Crippen molar-refractivity contribution in [2.45, 2.75) is 174 Å². The number of hydrogen-bond donors (Lipinski definition) is 3. The van der Waals surface area contributed by atoms with E-state index >= 15 is 0 Å². The Bertz CT molecular complexity index is 1180. The number of aliphatic hydroxyl groups excluding tert-OH is 1. The molecule has 0 aliphatic carbocycles. The highest BCUT2D eigenvalue weighted by Gasteiger charge is 2.24. The van der Waals surface area contributed by atoms with Crippen LogP contribution in [0.4, 0.5) is 0 Å². The summed E-state index contributed by atoms with van der Waals surface area (Å²) in [6.45, 7) is 4.40. The summed E-state index contributed by atoms with van der Waals surface area (Å²) in [6, 6.07) is -1.12. The number of amides is 1. The first-order valence-electron chi connectivity index (χ1n) is 20.4. The van der Waals surface area contributed by atoms with Crippen molar-refractivity contribution in [3.63, 3.8) is 0 Å². The van der Waals surface area contributed by atoms with Crippen LogP contribution < -0.4 is 5.32 Å². The molecule has 0 aromatic heterocycles. The minimum Gasteiger partial charge on any atom is -0.387 e. The van der Waals surface area contributed by atoms with Crippen molar-refractivity contribution < 1.29 is 22.9 Å². The third-order valence-corrected chi connectivity index (χ3v) is 9.25. The average molecular weight is 742 g/mol. The van der Waals surface area contributed by atoms with Crippen LogP contribution in [-0.2, 0) is 14.9 Å². The van der Waals surface area contributed by atoms with Gasteiger partial charge in [0.05, 0.1) is 17.9 Å². The maximum absolute atomic E-state index is 12.5. The van der Waals surface area contributed by atoms with E-state index in [1.165, 1.54) is 70.3 Å². The SMILES string of the molecule is CC/C=C\C/C=C\C/C=C\C/C=C\C/C=C\CCCC(=O)NC(CS(=O)(=O)O)C(O)/C=C/CC/C=C/CC/C=C/CCCCCCCCCCCC. The van der Waals surface area contributed by atoms with Crippen LogP contribution in [0.25, 0.3) is 0 Å². The smallest absolute Gasteiger partial charge is 0.267 e. The van der Waals surface area contributed by atoms with Gasteiger partial charge in [-0.05, 0) is 83.5 Å². The topological polar surface area (TPSA) is 104 Å². The normalized spacial score (nSPS) is 14.3. The number of carbonyl (C=O) groups is 1. The van der Waals surface area contributed by atoms with Gasteiger partial charge in [-0.25, -0.2) is 0 Å². The van der Waals surface area contributed by atoms with E-state index in [0.717, 1.165) is 64.2 Å². The molecule has 3 N–H and O–H groups in total. The Morgan fingerprint density at radius 1 is 0.538 bits per heavy atom. The number of carbonyl (C=O) groups excluding carboxylic acids is 1. The van der Waals surface area contributed by atoms with Gasteiger partial charge in [0, 0.05) is 6.42 Å². The molecule has 0 aliphatic heterocycles. The van der Waals surface area contributed by atoms with Gasteiger partial charge in [0.25, 0.3) is 10.1 Å². The van der Waals surface area contributed by atoms with Crippen LogP contribution in [0.2, 0.25) is 0 Å². The summed E-state index contributed by atoms with van der Waals surface area (Å²) in [7, 11) is -4.38. The number of unbranched alkanes of at least 4 members (excludes halogenated alkanes) is 13. The summed E-state index contributed by atoms with van der Waals surface area (Å²) in [5.41, 5.74) is 0. The minimum atomic E-state index is -4.38. The summed E-state index contributed by atoms with van der Waals surface area (Å²) in [5.74, 6) is -1.10. The first-order chi connectivity index (χ1) is 25.3. The van der Waals surface area contributed by atoms with Crippen LogP contribution in [0.1, 0.15) is 162 Å². The minimum absolute atomic E-state index is 0.200. The average Bonchev–Trinajstić information content (AvgIpc) is 3.11. The largest absolute Gasteiger partial charge is 0.387 e. The molecule has 0 radical (unpaired) electrons. The molecule has 0 saturated heterocycles. The van der Waals surface area contributed by atoms with E-state index in [-0.39, 0.29) is 12.3 Å². The van der Waals surface area contributed by atoms with Crippen molar-refractivity contribution >= 4 is 16.0 Å². The number of aliphatic hydroxyl groups is 1. The Kier molecular flexibility index (Phi) is 36.0. The van der Waals surface area contributed by atoms with Crippen LogP contribution in [0.15, 0.2) is 97.2 Å². The molecule has 0 spiro atoms. The van der Waals surface area contributed by atoms with Crippen molar-refractivity contribution in [1.82, 2.24) is 5.32 Å². The van der Waals surface area contributed by atoms with Gasteiger partial charge < -0.3 is 10.4 Å². The second kappa shape index (κ2) is 38.0. The molecule has 296 valence electrons. The zero-order valence-corrected chi connectivity index (χ0v) is 33.7. The van der Waals surface area contributed by atoms with E-state index in [1.807, 2.05) is 6.08 Å². The van der Waals surface area contributed by atoms with Gasteiger partial charge in [-0.2, -0.15) is 8.42 Å². The van der Waals surface area contributed by atoms with Gasteiger partial charge in [0.15, 0.2) is 0 Å². The predicted molar refractivity (Wildman–Crippen MR) is 225 cm³/mol. The second-order valence-corrected chi connectivity index (χ2v) is 15.0. The van der Waals surface area contributed by atoms with Gasteiger partial charge in [-0.3, -0.25) is 9.35 Å². The summed E-state index contributed by atoms with van der Waals surface area (Å²) in [4.78, 5) is 12.5. The molecule has 0 aliphatic rings. The highest BCUT2D eigenvalue weighted by Crippen LogP contribution is 2.12. The molecule has 2 unspecified atom stereocenters. The summed E-state index contributed by atoms with van der Waals surface area (Å²) >= 11 is 0. The van der Waals surface area contributed by atoms with E-state index in [9.17, 15) is 22.9 Å². The van der Waals surface area contributed by atoms with Crippen molar-refractivity contribution in [1.29, 1.82) is 0 Å². The van der Waals surface area contributed by atoms with Crippen molar-refractivity contribution in [2.75, 3.05) is 5.75 Å². The molecule has 7 heteroatoms. The highest BCUT2D eigenvalue weighted by atomic mass is 32.2. The molecule has 0 aromatic carbocycles. The molecule has 52 heavy (non-hydrogen) atoms. The molecule has 0 bridgehead atoms. The lowest BCUT2D eigenvalue weighted by Gasteiger charge is -2.21. The summed E-state index contributed by atoms with van der Waals surface area (Å²) in [5, 5.41) is 13.2. The van der Waals surface area contributed by atoms with E-state index < -0.39 is 28.0 Å². The van der Waals surface area contributed by atoms with Crippen LogP contribution in [0.3, 0.4) is 0 Å². The van der Waals surface area contributed by atoms with Gasteiger partial charge in [-0.15, -0.1) is 0 Å². The Balaban J connectivity index is 4.13. The van der Waals surface area contributed by atoms with Gasteiger partial charge in [0.2, 0.25) is 5.91 Å². The molecule has 0 saturated carbocycles. The van der Waals surface area contributed by atoms with E-state index in [0.29, 0.717) is 12.8 Å². The monoisotopic (exact) mass is 742 g/mol. The lowest BCUT2D eigenvalue weighted by Crippen LogP contribution is -2.46. The summed E-state index contributed by atoms with van der Waals surface area (Å²) in [6.07, 6.45) is 56.9. The Morgan fingerprint density at radius 2 is 0.942 bits per heavy atom. The quantitative estimate of drug-likeness (QED) is 0.0341. The number of allylic oxidation sites excluding steroid dienone is 15. The van der Waals surface area contributed by atoms with Crippen LogP contribution in [0.5, 0.6) is 0 Å². The lowest BCUT2D eigenvalue weighted by atomic mass is 10.1. The fourth-order valence-electron chi connectivity index (χ4n) is 5.46. The van der Waals surface area contributed by atoms with Gasteiger partial charge in [0.1, 0.15) is 0 Å². The molecule has 2 atom stereocenters. The highest BCUT2D eigenvalue weighted by molar-refractivity contribution is 7.85. The predicted octanol–water partition coefficient (Wildman–Crippen LogP) is 12.2. The molecular formula is C45H75NO5S. The molecule has 0 aromatic rings. The van der Waals surface area contributed by atoms with E-state index in [4.69, 9.17) is 0 Å². The van der Waals surface area contributed by atoms with Crippen LogP contribution in [0, 0.1) is 0 Å². The molecule has 1 amide bonds. The molecular weight excluding hydrogens is 667 g/mol. The third kappa shape index (κ3) is 38.5. The van der Waals surface area contributed by atoms with Crippen molar-refractivity contribution in [2.24, 2.45) is 0 Å². The molecule has 0 rings (SSSR count). The maximum atomic E-state index is 12.5. The van der Waals surface area contributed by atoms with Gasteiger partial charge >= 0.3 is 0 Å². The zero-order chi connectivity index (χ0) is 38.2. The maximum Gasteiger partial charge on any atom is 0.267 e. The Hall–Kier alpha value is -2.74. The van der Waals surface area contributed by atoms with Crippen molar-refractivity contribution in [3.8, 4) is 0 Å². The van der Waals surface area contributed by atoms with E-state index in [2.05, 4.69) is 98.2 Å². The fraction of sp³-hybridized carbons (Fsp3) is 0.622. The Morgan fingerprint density at radius 3 is 1.44 bits per heavy atom. The second-order valence-electron chi connectivity index (χ2n) is 13.5. The molecule has 0 fully saturated rings. The first kappa shape index (κ1) is 49.3. The first-order valence-corrected chi connectivity index (χ1v) is 22.0. The Labute approximate surface area is 319 Å². The number of nitrogens with one attached hydrogen (secondary N) is 1. The van der Waals surface area contributed by atoms with E-state index in [1.54, 1.807) is 6.08 Å². The van der Waals surface area contributed by atoms with Crippen LogP contribution >= 0.6 is 0 Å². The number of hydrogen-bond acceptors (Lipinski definition) is 4. The molecule has 0 heterocycles. The lowest BCUT2D eigenvalue weighted by molar-refractivity contribution is -0.122. The zero-order valence-electron chi connectivity index (χ0n) is 32.9. The van der Waals surface area contributed by atoms with Gasteiger partial charge in [-0.1, -0.05) is 169 Å². The van der Waals surface area contributed by atoms with Crippen LogP contribution in [-0.4, -0.2) is 41.9 Å². The number of rotatable bonds is 35. The molecule has 6 nitrogen and oxygen atoms in total. The fourth-order valence-corrected chi connectivity index (χ4v) is 6.19. The van der Waals surface area contributed by atoms with Crippen molar-refractivity contribution in [3.05, 3.63) is 97.2 Å². The third-order valence-electron chi connectivity index (χ3n) is 8.47.